The van der Waals surface area contributed by atoms with Crippen molar-refractivity contribution in [3.63, 3.8) is 0 Å². The molecule has 0 bridgehead atoms. The zero-order chi connectivity index (χ0) is 9.97. The van der Waals surface area contributed by atoms with Gasteiger partial charge in [0.15, 0.2) is 0 Å². The van der Waals surface area contributed by atoms with E-state index in [2.05, 4.69) is 0 Å². The second kappa shape index (κ2) is 4.30. The first-order valence-electron chi connectivity index (χ1n) is 4.88. The average Bonchev–Trinajstić information content (AvgIpc) is 2.65. The first-order valence-corrected chi connectivity index (χ1v) is 5.26. The molecule has 2 rings (SSSR count). The predicted octanol–water partition coefficient (Wildman–Crippen LogP) is 2.38. The zero-order valence-electron chi connectivity index (χ0n) is 7.95. The van der Waals surface area contributed by atoms with Crippen molar-refractivity contribution in [1.82, 2.24) is 0 Å². The van der Waals surface area contributed by atoms with Crippen LogP contribution in [0, 0.1) is 5.92 Å². The fraction of sp³-hybridized carbons (Fsp3) is 0.455. The number of hydrogen-bond acceptors (Lipinski definition) is 2. The largest absolute Gasteiger partial charge is 0.373 e. The number of nitrogens with two attached hydrogens (primary N) is 1. The molecule has 0 radical (unpaired) electrons. The summed E-state index contributed by atoms with van der Waals surface area (Å²) in [5.41, 5.74) is 6.83. The lowest BCUT2D eigenvalue weighted by molar-refractivity contribution is 0.0925. The lowest BCUT2D eigenvalue weighted by atomic mass is 9.96. The van der Waals surface area contributed by atoms with Crippen LogP contribution in [0.3, 0.4) is 0 Å². The number of rotatable bonds is 2. The minimum atomic E-state index is 0.138. The third-order valence-corrected chi connectivity index (χ3v) is 2.93. The molecule has 76 valence electrons. The highest BCUT2D eigenvalue weighted by molar-refractivity contribution is 6.30. The van der Waals surface area contributed by atoms with Gasteiger partial charge in [0.25, 0.3) is 0 Å². The molecular weight excluding hydrogens is 198 g/mol. The molecule has 2 N–H and O–H groups in total. The first-order chi connectivity index (χ1) is 6.81. The molecule has 3 heteroatoms. The van der Waals surface area contributed by atoms with E-state index < -0.39 is 0 Å². The fourth-order valence-electron chi connectivity index (χ4n) is 1.93. The topological polar surface area (TPSA) is 35.2 Å². The Labute approximate surface area is 89.0 Å². The molecule has 1 aliphatic heterocycles. The Kier molecular flexibility index (Phi) is 3.06. The molecular formula is C11H14ClNO. The van der Waals surface area contributed by atoms with Gasteiger partial charge in [0.2, 0.25) is 0 Å². The second-order valence-electron chi connectivity index (χ2n) is 3.63. The maximum absolute atomic E-state index is 5.93. The molecule has 14 heavy (non-hydrogen) atoms. The summed E-state index contributed by atoms with van der Waals surface area (Å²) in [4.78, 5) is 0. The summed E-state index contributed by atoms with van der Waals surface area (Å²) in [6.45, 7) is 1.48. The Morgan fingerprint density at radius 1 is 1.50 bits per heavy atom. The van der Waals surface area contributed by atoms with Crippen LogP contribution in [0.2, 0.25) is 5.02 Å². The first kappa shape index (κ1) is 9.97. The monoisotopic (exact) mass is 211 g/mol. The second-order valence-corrected chi connectivity index (χ2v) is 4.07. The third kappa shape index (κ3) is 1.92. The molecule has 2 nitrogen and oxygen atoms in total. The van der Waals surface area contributed by atoms with Crippen LogP contribution in [-0.4, -0.2) is 13.2 Å². The summed E-state index contributed by atoms with van der Waals surface area (Å²) in [6.07, 6.45) is 1.19. The fourth-order valence-corrected chi connectivity index (χ4v) is 2.13. The van der Waals surface area contributed by atoms with E-state index in [1.165, 1.54) is 0 Å². The van der Waals surface area contributed by atoms with Crippen LogP contribution in [-0.2, 0) is 4.74 Å². The van der Waals surface area contributed by atoms with Gasteiger partial charge in [0.05, 0.1) is 6.10 Å². The minimum Gasteiger partial charge on any atom is -0.373 e. The molecule has 1 aromatic rings. The zero-order valence-corrected chi connectivity index (χ0v) is 8.70. The van der Waals surface area contributed by atoms with Gasteiger partial charge in [-0.1, -0.05) is 23.7 Å². The Balaban J connectivity index is 2.21. The van der Waals surface area contributed by atoms with Gasteiger partial charge in [-0.2, -0.15) is 0 Å². The van der Waals surface area contributed by atoms with Crippen molar-refractivity contribution >= 4 is 11.6 Å². The van der Waals surface area contributed by atoms with E-state index in [1.807, 2.05) is 24.3 Å². The van der Waals surface area contributed by atoms with Crippen LogP contribution >= 0.6 is 11.6 Å². The van der Waals surface area contributed by atoms with Gasteiger partial charge < -0.3 is 10.5 Å². The van der Waals surface area contributed by atoms with Crippen molar-refractivity contribution in [2.45, 2.75) is 12.5 Å². The highest BCUT2D eigenvalue weighted by atomic mass is 35.5. The maximum atomic E-state index is 5.93. The molecule has 1 aromatic carbocycles. The van der Waals surface area contributed by atoms with Crippen LogP contribution in [0.15, 0.2) is 24.3 Å². The quantitative estimate of drug-likeness (QED) is 0.815. The summed E-state index contributed by atoms with van der Waals surface area (Å²) < 4.78 is 5.66. The number of hydrogen-bond donors (Lipinski definition) is 1. The highest BCUT2D eigenvalue weighted by Gasteiger charge is 2.28. The van der Waals surface area contributed by atoms with Gasteiger partial charge in [0.1, 0.15) is 0 Å². The van der Waals surface area contributed by atoms with Gasteiger partial charge in [0, 0.05) is 17.5 Å². The minimum absolute atomic E-state index is 0.138. The molecule has 1 saturated heterocycles. The van der Waals surface area contributed by atoms with E-state index in [0.29, 0.717) is 12.5 Å². The van der Waals surface area contributed by atoms with E-state index in [0.717, 1.165) is 23.6 Å². The Hall–Kier alpha value is -0.570. The summed E-state index contributed by atoms with van der Waals surface area (Å²) in [6, 6.07) is 7.83. The molecule has 2 unspecified atom stereocenters. The lowest BCUT2D eigenvalue weighted by Gasteiger charge is -2.17. The number of ether oxygens (including phenoxy) is 1. The normalized spacial score (nSPS) is 26.7. The van der Waals surface area contributed by atoms with Crippen molar-refractivity contribution in [1.29, 1.82) is 0 Å². The molecule has 0 amide bonds. The van der Waals surface area contributed by atoms with Crippen LogP contribution in [0.4, 0.5) is 0 Å². The van der Waals surface area contributed by atoms with E-state index >= 15 is 0 Å². The molecule has 2 atom stereocenters. The van der Waals surface area contributed by atoms with Crippen molar-refractivity contribution in [2.75, 3.05) is 13.2 Å². The Bertz CT molecular complexity index is 316. The van der Waals surface area contributed by atoms with Crippen molar-refractivity contribution in [3.05, 3.63) is 34.9 Å². The SMILES string of the molecule is NCC1CCOC1c1cccc(Cl)c1. The van der Waals surface area contributed by atoms with Crippen molar-refractivity contribution in [2.24, 2.45) is 11.7 Å². The van der Waals surface area contributed by atoms with Gasteiger partial charge in [-0.25, -0.2) is 0 Å². The molecule has 1 fully saturated rings. The molecule has 1 heterocycles. The Morgan fingerprint density at radius 2 is 2.36 bits per heavy atom. The van der Waals surface area contributed by atoms with Crippen LogP contribution in [0.5, 0.6) is 0 Å². The van der Waals surface area contributed by atoms with Crippen molar-refractivity contribution in [3.8, 4) is 0 Å². The van der Waals surface area contributed by atoms with Crippen LogP contribution < -0.4 is 5.73 Å². The molecule has 0 saturated carbocycles. The molecule has 0 spiro atoms. The van der Waals surface area contributed by atoms with Gasteiger partial charge in [-0.15, -0.1) is 0 Å². The van der Waals surface area contributed by atoms with Crippen molar-refractivity contribution < 1.29 is 4.74 Å². The van der Waals surface area contributed by atoms with Gasteiger partial charge in [-0.3, -0.25) is 0 Å². The van der Waals surface area contributed by atoms with E-state index in [1.54, 1.807) is 0 Å². The van der Waals surface area contributed by atoms with Crippen LogP contribution in [0.1, 0.15) is 18.1 Å². The lowest BCUT2D eigenvalue weighted by Crippen LogP contribution is -2.17. The van der Waals surface area contributed by atoms with E-state index in [9.17, 15) is 0 Å². The number of benzene rings is 1. The van der Waals surface area contributed by atoms with E-state index in [-0.39, 0.29) is 6.10 Å². The van der Waals surface area contributed by atoms with Gasteiger partial charge in [-0.05, 0) is 30.7 Å². The third-order valence-electron chi connectivity index (χ3n) is 2.69. The highest BCUT2D eigenvalue weighted by Crippen LogP contribution is 2.34. The summed E-state index contributed by atoms with van der Waals surface area (Å²) in [5, 5.41) is 0.758. The summed E-state index contributed by atoms with van der Waals surface area (Å²) >= 11 is 5.93. The predicted molar refractivity (Wildman–Crippen MR) is 57.3 cm³/mol. The van der Waals surface area contributed by atoms with Gasteiger partial charge >= 0.3 is 0 Å². The smallest absolute Gasteiger partial charge is 0.0866 e. The molecule has 0 aliphatic carbocycles. The molecule has 0 aromatic heterocycles. The van der Waals surface area contributed by atoms with E-state index in [4.69, 9.17) is 22.1 Å². The Morgan fingerprint density at radius 3 is 3.07 bits per heavy atom. The maximum Gasteiger partial charge on any atom is 0.0866 e. The average molecular weight is 212 g/mol. The summed E-state index contributed by atoms with van der Waals surface area (Å²) in [5.74, 6) is 0.438. The number of halogens is 1. The molecule has 1 aliphatic rings. The van der Waals surface area contributed by atoms with Crippen LogP contribution in [0.25, 0.3) is 0 Å². The summed E-state index contributed by atoms with van der Waals surface area (Å²) in [7, 11) is 0. The standard InChI is InChI=1S/C11H14ClNO/c12-10-3-1-2-8(6-10)11-9(7-13)4-5-14-11/h1-3,6,9,11H,4-5,7,13H2.